The zero-order valence-electron chi connectivity index (χ0n) is 6.74. The summed E-state index contributed by atoms with van der Waals surface area (Å²) >= 11 is 6.58. The molecule has 0 saturated carbocycles. The molecule has 0 aliphatic carbocycles. The number of hydrogen-bond donors (Lipinski definition) is 0. The normalized spacial score (nSPS) is 7.15. The minimum atomic E-state index is 0. The van der Waals surface area contributed by atoms with E-state index in [1.165, 1.54) is 3.79 Å². The molecule has 0 radical (unpaired) electrons. The van der Waals surface area contributed by atoms with Crippen molar-refractivity contribution in [3.8, 4) is 0 Å². The molecule has 0 aromatic carbocycles. The van der Waals surface area contributed by atoms with Gasteiger partial charge in [-0.1, -0.05) is 6.07 Å². The maximum absolute atomic E-state index is 3.30. The van der Waals surface area contributed by atoms with Crippen LogP contribution in [0.5, 0.6) is 0 Å². The predicted octanol–water partition coefficient (Wildman–Crippen LogP) is 1.06. The Morgan fingerprint density at radius 1 is 1.23 bits per heavy atom. The van der Waals surface area contributed by atoms with Gasteiger partial charge in [-0.15, -0.1) is 16.7 Å². The fraction of sp³-hybridized carbons (Fsp3) is 0. The summed E-state index contributed by atoms with van der Waals surface area (Å²) in [5.41, 5.74) is 0. The molecule has 0 nitrogen and oxygen atoms in total. The van der Waals surface area contributed by atoms with Gasteiger partial charge in [0.2, 0.25) is 0 Å². The molecule has 0 spiro atoms. The van der Waals surface area contributed by atoms with Gasteiger partial charge in [0, 0.05) is 0 Å². The van der Waals surface area contributed by atoms with Gasteiger partial charge in [0.15, 0.2) is 0 Å². The summed E-state index contributed by atoms with van der Waals surface area (Å²) < 4.78 is 1.20. The van der Waals surface area contributed by atoms with Crippen molar-refractivity contribution < 1.29 is 31.9 Å². The summed E-state index contributed by atoms with van der Waals surface area (Å²) in [7, 11) is 0. The van der Waals surface area contributed by atoms with E-state index in [-0.39, 0.29) is 31.9 Å². The van der Waals surface area contributed by atoms with Gasteiger partial charge in [0.1, 0.15) is 0 Å². The second-order valence-electron chi connectivity index (χ2n) is 1.65. The van der Waals surface area contributed by atoms with Gasteiger partial charge >= 0.3 is 19.5 Å². The smallest absolute Gasteiger partial charge is 1.00 e. The standard InChI is InChI=1S/C4H3BrS.C4H3S.ClH.Zn/c5-4-2-1-3-6-4;1-2-4-5-3-1;;/h1-3H;1-3H;1H;/q;-1;;+2/p-1. The molecule has 2 aromatic rings. The average Bonchev–Trinajstić information content (AvgIpc) is 2.57. The van der Waals surface area contributed by atoms with Crippen molar-refractivity contribution in [3.05, 3.63) is 44.2 Å². The van der Waals surface area contributed by atoms with E-state index < -0.39 is 0 Å². The van der Waals surface area contributed by atoms with Crippen LogP contribution in [0.25, 0.3) is 0 Å². The molecule has 2 heterocycles. The molecule has 2 aromatic heterocycles. The Bertz CT molecular complexity index is 240. The first kappa shape index (κ1) is 16.2. The fourth-order valence-electron chi connectivity index (χ4n) is 0.455. The summed E-state index contributed by atoms with van der Waals surface area (Å²) in [5, 5.41) is 6.92. The molecule has 13 heavy (non-hydrogen) atoms. The minimum Gasteiger partial charge on any atom is -1.00 e. The summed E-state index contributed by atoms with van der Waals surface area (Å²) in [5.74, 6) is 0. The molecule has 0 aliphatic heterocycles. The first-order chi connectivity index (χ1) is 5.39. The maximum Gasteiger partial charge on any atom is 2.00 e. The van der Waals surface area contributed by atoms with E-state index in [0.29, 0.717) is 0 Å². The van der Waals surface area contributed by atoms with E-state index in [9.17, 15) is 0 Å². The Labute approximate surface area is 114 Å². The van der Waals surface area contributed by atoms with Crippen molar-refractivity contribution >= 4 is 38.6 Å². The van der Waals surface area contributed by atoms with Crippen LogP contribution in [-0.4, -0.2) is 0 Å². The third-order valence-corrected chi connectivity index (χ3v) is 2.91. The molecule has 5 heteroatoms. The first-order valence-electron chi connectivity index (χ1n) is 2.98. The van der Waals surface area contributed by atoms with E-state index in [4.69, 9.17) is 0 Å². The maximum atomic E-state index is 3.30. The molecule has 0 bridgehead atoms. The third kappa shape index (κ3) is 9.11. The zero-order valence-corrected chi connectivity index (χ0v) is 13.7. The van der Waals surface area contributed by atoms with Gasteiger partial charge in [-0.2, -0.15) is 11.4 Å². The predicted molar refractivity (Wildman–Crippen MR) is 55.2 cm³/mol. The Morgan fingerprint density at radius 2 is 2.00 bits per heavy atom. The molecule has 0 saturated heterocycles. The molecule has 0 fully saturated rings. The number of hydrogen-bond acceptors (Lipinski definition) is 2. The summed E-state index contributed by atoms with van der Waals surface area (Å²) in [6, 6.07) is 7.88. The average molecular weight is 347 g/mol. The van der Waals surface area contributed by atoms with Crippen LogP contribution in [-0.2, 0) is 19.5 Å². The van der Waals surface area contributed by atoms with Crippen molar-refractivity contribution in [3.63, 3.8) is 0 Å². The molecule has 0 atom stereocenters. The van der Waals surface area contributed by atoms with Crippen molar-refractivity contribution in [1.82, 2.24) is 0 Å². The fourth-order valence-corrected chi connectivity index (χ4v) is 1.77. The number of rotatable bonds is 0. The minimum absolute atomic E-state index is 0. The van der Waals surface area contributed by atoms with E-state index in [0.717, 1.165) is 0 Å². The van der Waals surface area contributed by atoms with E-state index in [2.05, 4.69) is 21.3 Å². The Kier molecular flexibility index (Phi) is 13.6. The van der Waals surface area contributed by atoms with Gasteiger partial charge in [-0.05, 0) is 27.4 Å². The molecule has 0 amide bonds. The van der Waals surface area contributed by atoms with Gasteiger partial charge in [-0.3, -0.25) is 0 Å². The van der Waals surface area contributed by atoms with Crippen molar-refractivity contribution in [2.24, 2.45) is 0 Å². The molecule has 66 valence electrons. The van der Waals surface area contributed by atoms with Crippen LogP contribution in [0.4, 0.5) is 0 Å². The monoisotopic (exact) mass is 344 g/mol. The third-order valence-electron chi connectivity index (χ3n) is 0.865. The van der Waals surface area contributed by atoms with Crippen molar-refractivity contribution in [2.45, 2.75) is 0 Å². The Balaban J connectivity index is 0. The van der Waals surface area contributed by atoms with E-state index in [1.807, 2.05) is 35.0 Å². The summed E-state index contributed by atoms with van der Waals surface area (Å²) in [6.45, 7) is 0. The molecule has 0 N–H and O–H groups in total. The number of thiophene rings is 2. The van der Waals surface area contributed by atoms with Crippen LogP contribution in [0.3, 0.4) is 0 Å². The van der Waals surface area contributed by atoms with Crippen LogP contribution in [0.2, 0.25) is 0 Å². The first-order valence-corrected chi connectivity index (χ1v) is 5.53. The van der Waals surface area contributed by atoms with Crippen LogP contribution >= 0.6 is 38.6 Å². The van der Waals surface area contributed by atoms with Gasteiger partial charge in [0.05, 0.1) is 3.79 Å². The molecular formula is C8H6BrClS2Zn. The topological polar surface area (TPSA) is 0 Å². The van der Waals surface area contributed by atoms with E-state index in [1.54, 1.807) is 22.7 Å². The van der Waals surface area contributed by atoms with Crippen LogP contribution in [0, 0.1) is 5.38 Å². The van der Waals surface area contributed by atoms with Crippen LogP contribution < -0.4 is 12.4 Å². The van der Waals surface area contributed by atoms with Gasteiger partial charge in [-0.25, -0.2) is 6.07 Å². The number of halogens is 2. The molecule has 2 rings (SSSR count). The Morgan fingerprint density at radius 3 is 2.15 bits per heavy atom. The SMILES string of the molecule is Brc1cccs1.[Cl-].[Zn+2].[c-]1cccs1. The quantitative estimate of drug-likeness (QED) is 0.494. The largest absolute Gasteiger partial charge is 2.00 e. The van der Waals surface area contributed by atoms with E-state index >= 15 is 0 Å². The van der Waals surface area contributed by atoms with Crippen LogP contribution in [0.15, 0.2) is 38.8 Å². The molecule has 0 aliphatic rings. The second kappa shape index (κ2) is 10.9. The van der Waals surface area contributed by atoms with Crippen molar-refractivity contribution in [1.29, 1.82) is 0 Å². The second-order valence-corrected chi connectivity index (χ2v) is 4.72. The Hall–Kier alpha value is 0.793. The zero-order chi connectivity index (χ0) is 7.94. The summed E-state index contributed by atoms with van der Waals surface area (Å²) in [6.07, 6.45) is 0. The van der Waals surface area contributed by atoms with Crippen LogP contribution in [0.1, 0.15) is 0 Å². The van der Waals surface area contributed by atoms with Gasteiger partial charge < -0.3 is 23.7 Å². The molecular weight excluding hydrogens is 341 g/mol. The molecule has 0 unspecified atom stereocenters. The van der Waals surface area contributed by atoms with Crippen molar-refractivity contribution in [2.75, 3.05) is 0 Å². The van der Waals surface area contributed by atoms with Gasteiger partial charge in [0.25, 0.3) is 0 Å². The summed E-state index contributed by atoms with van der Waals surface area (Å²) in [4.78, 5) is 0.